The van der Waals surface area contributed by atoms with Crippen molar-refractivity contribution in [2.24, 2.45) is 5.73 Å². The van der Waals surface area contributed by atoms with Crippen molar-refractivity contribution in [3.63, 3.8) is 0 Å². The van der Waals surface area contributed by atoms with Crippen LogP contribution in [-0.4, -0.2) is 28.9 Å². The summed E-state index contributed by atoms with van der Waals surface area (Å²) in [7, 11) is 0. The Morgan fingerprint density at radius 2 is 2.17 bits per heavy atom. The molecule has 1 rings (SSSR count). The second-order valence-corrected chi connectivity index (χ2v) is 4.98. The van der Waals surface area contributed by atoms with E-state index in [1.54, 1.807) is 29.2 Å². The van der Waals surface area contributed by atoms with Gasteiger partial charge in [-0.1, -0.05) is 36.8 Å². The Hall–Kier alpha value is -1.13. The number of amides is 1. The second kappa shape index (κ2) is 7.34. The third-order valence-corrected chi connectivity index (χ3v) is 2.92. The Morgan fingerprint density at radius 1 is 1.44 bits per heavy atom. The van der Waals surface area contributed by atoms with E-state index < -0.39 is 0 Å². The number of carbonyl (C=O) groups excluding carboxylic acids is 1. The van der Waals surface area contributed by atoms with Crippen molar-refractivity contribution in [2.45, 2.75) is 19.8 Å². The molecule has 1 aromatic rings. The molecule has 0 radical (unpaired) electrons. The monoisotopic (exact) mass is 284 g/mol. The van der Waals surface area contributed by atoms with Crippen LogP contribution in [0.5, 0.6) is 0 Å². The fraction of sp³-hybridized carbons (Fsp3) is 0.385. The third-order valence-electron chi connectivity index (χ3n) is 2.48. The number of rotatable bonds is 6. The largest absolute Gasteiger partial charge is 0.393 e. The van der Waals surface area contributed by atoms with Crippen LogP contribution >= 0.6 is 23.8 Å². The van der Waals surface area contributed by atoms with Crippen LogP contribution in [-0.2, 0) is 0 Å². The van der Waals surface area contributed by atoms with Crippen molar-refractivity contribution >= 4 is 34.7 Å². The van der Waals surface area contributed by atoms with Gasteiger partial charge in [0.05, 0.1) is 4.99 Å². The van der Waals surface area contributed by atoms with Crippen molar-refractivity contribution in [1.82, 2.24) is 4.90 Å². The van der Waals surface area contributed by atoms with Crippen molar-refractivity contribution < 1.29 is 4.79 Å². The standard InChI is InChI=1S/C13H17ClN2OS/c1-2-7-16(8-6-12(15)18)13(17)10-4-3-5-11(14)9-10/h3-5,9H,2,6-8H2,1H3,(H2,15,18). The van der Waals surface area contributed by atoms with Gasteiger partial charge in [0.25, 0.3) is 5.91 Å². The molecule has 0 bridgehead atoms. The normalized spacial score (nSPS) is 10.1. The van der Waals surface area contributed by atoms with Gasteiger partial charge in [0.1, 0.15) is 0 Å². The summed E-state index contributed by atoms with van der Waals surface area (Å²) in [5.41, 5.74) is 6.07. The maximum absolute atomic E-state index is 12.3. The lowest BCUT2D eigenvalue weighted by atomic mass is 10.2. The third kappa shape index (κ3) is 4.63. The summed E-state index contributed by atoms with van der Waals surface area (Å²) < 4.78 is 0. The zero-order valence-corrected chi connectivity index (χ0v) is 11.9. The molecule has 0 spiro atoms. The number of halogens is 1. The SMILES string of the molecule is CCCN(CCC(N)=S)C(=O)c1cccc(Cl)c1. The lowest BCUT2D eigenvalue weighted by molar-refractivity contribution is 0.0760. The van der Waals surface area contributed by atoms with Crippen molar-refractivity contribution in [2.75, 3.05) is 13.1 Å². The molecule has 0 saturated heterocycles. The molecular formula is C13H17ClN2OS. The summed E-state index contributed by atoms with van der Waals surface area (Å²) in [5, 5.41) is 0.562. The van der Waals surface area contributed by atoms with Crippen LogP contribution in [0.15, 0.2) is 24.3 Å². The average Bonchev–Trinajstić information content (AvgIpc) is 2.33. The van der Waals surface area contributed by atoms with Crippen LogP contribution in [0.3, 0.4) is 0 Å². The Kier molecular flexibility index (Phi) is 6.09. The van der Waals surface area contributed by atoms with E-state index in [0.717, 1.165) is 6.42 Å². The molecular weight excluding hydrogens is 268 g/mol. The summed E-state index contributed by atoms with van der Waals surface area (Å²) in [6.45, 7) is 3.27. The maximum Gasteiger partial charge on any atom is 0.253 e. The van der Waals surface area contributed by atoms with E-state index in [1.807, 2.05) is 6.92 Å². The number of benzene rings is 1. The maximum atomic E-state index is 12.3. The van der Waals surface area contributed by atoms with E-state index in [-0.39, 0.29) is 5.91 Å². The molecule has 3 nitrogen and oxygen atoms in total. The quantitative estimate of drug-likeness (QED) is 0.817. The van der Waals surface area contributed by atoms with Crippen molar-refractivity contribution in [3.8, 4) is 0 Å². The van der Waals surface area contributed by atoms with E-state index in [1.165, 1.54) is 0 Å². The topological polar surface area (TPSA) is 46.3 Å². The van der Waals surface area contributed by atoms with E-state index in [9.17, 15) is 4.79 Å². The molecule has 0 atom stereocenters. The first-order chi connectivity index (χ1) is 8.54. The summed E-state index contributed by atoms with van der Waals surface area (Å²) in [4.78, 5) is 14.5. The van der Waals surface area contributed by atoms with Gasteiger partial charge in [-0.3, -0.25) is 4.79 Å². The van der Waals surface area contributed by atoms with Crippen LogP contribution in [0.2, 0.25) is 5.02 Å². The number of thiocarbonyl (C=S) groups is 1. The van der Waals surface area contributed by atoms with E-state index >= 15 is 0 Å². The Labute approximate surface area is 118 Å². The summed E-state index contributed by atoms with van der Waals surface area (Å²) in [5.74, 6) is -0.0319. The molecule has 0 fully saturated rings. The Balaban J connectivity index is 2.78. The molecule has 0 aromatic heterocycles. The summed E-state index contributed by atoms with van der Waals surface area (Å²) in [6.07, 6.45) is 1.44. The molecule has 2 N–H and O–H groups in total. The predicted molar refractivity (Wildman–Crippen MR) is 79.0 cm³/mol. The summed E-state index contributed by atoms with van der Waals surface area (Å²) >= 11 is 10.7. The first-order valence-corrected chi connectivity index (χ1v) is 6.66. The molecule has 1 aromatic carbocycles. The zero-order chi connectivity index (χ0) is 13.5. The number of hydrogen-bond donors (Lipinski definition) is 1. The lowest BCUT2D eigenvalue weighted by Gasteiger charge is -2.22. The highest BCUT2D eigenvalue weighted by Gasteiger charge is 2.15. The predicted octanol–water partition coefficient (Wildman–Crippen LogP) is 2.87. The fourth-order valence-corrected chi connectivity index (χ4v) is 1.92. The highest BCUT2D eigenvalue weighted by Crippen LogP contribution is 2.13. The first-order valence-electron chi connectivity index (χ1n) is 5.87. The van der Waals surface area contributed by atoms with E-state index in [2.05, 4.69) is 0 Å². The second-order valence-electron chi connectivity index (χ2n) is 4.02. The average molecular weight is 285 g/mol. The lowest BCUT2D eigenvalue weighted by Crippen LogP contribution is -2.34. The van der Waals surface area contributed by atoms with Crippen molar-refractivity contribution in [3.05, 3.63) is 34.9 Å². The van der Waals surface area contributed by atoms with Gasteiger partial charge in [-0.05, 0) is 24.6 Å². The van der Waals surface area contributed by atoms with Gasteiger partial charge in [0, 0.05) is 30.1 Å². The molecule has 0 heterocycles. The highest BCUT2D eigenvalue weighted by atomic mass is 35.5. The molecule has 0 aliphatic rings. The van der Waals surface area contributed by atoms with Gasteiger partial charge >= 0.3 is 0 Å². The van der Waals surface area contributed by atoms with Crippen LogP contribution in [0, 0.1) is 0 Å². The molecule has 18 heavy (non-hydrogen) atoms. The highest BCUT2D eigenvalue weighted by molar-refractivity contribution is 7.80. The first kappa shape index (κ1) is 14.9. The van der Waals surface area contributed by atoms with Crippen LogP contribution in [0.25, 0.3) is 0 Å². The van der Waals surface area contributed by atoms with Crippen LogP contribution in [0.4, 0.5) is 0 Å². The van der Waals surface area contributed by atoms with Gasteiger partial charge in [-0.25, -0.2) is 0 Å². The molecule has 98 valence electrons. The number of carbonyl (C=O) groups is 1. The molecule has 5 heteroatoms. The van der Waals surface area contributed by atoms with Gasteiger partial charge in [0.2, 0.25) is 0 Å². The van der Waals surface area contributed by atoms with Gasteiger partial charge in [0.15, 0.2) is 0 Å². The molecule has 0 saturated carbocycles. The van der Waals surface area contributed by atoms with Crippen LogP contribution in [0.1, 0.15) is 30.1 Å². The summed E-state index contributed by atoms with van der Waals surface area (Å²) in [6, 6.07) is 6.95. The van der Waals surface area contributed by atoms with Gasteiger partial charge < -0.3 is 10.6 Å². The molecule has 1 amide bonds. The minimum Gasteiger partial charge on any atom is -0.393 e. The minimum absolute atomic E-state index is 0.0319. The molecule has 0 aliphatic heterocycles. The Morgan fingerprint density at radius 3 is 2.72 bits per heavy atom. The number of nitrogens with two attached hydrogens (primary N) is 1. The minimum atomic E-state index is -0.0319. The number of hydrogen-bond acceptors (Lipinski definition) is 2. The zero-order valence-electron chi connectivity index (χ0n) is 10.4. The van der Waals surface area contributed by atoms with Gasteiger partial charge in [-0.2, -0.15) is 0 Å². The van der Waals surface area contributed by atoms with Gasteiger partial charge in [-0.15, -0.1) is 0 Å². The molecule has 0 aliphatic carbocycles. The van der Waals surface area contributed by atoms with E-state index in [4.69, 9.17) is 29.6 Å². The number of nitrogens with zero attached hydrogens (tertiary/aromatic N) is 1. The van der Waals surface area contributed by atoms with Crippen molar-refractivity contribution in [1.29, 1.82) is 0 Å². The molecule has 0 unspecified atom stereocenters. The Bertz CT molecular complexity index is 437. The smallest absolute Gasteiger partial charge is 0.253 e. The van der Waals surface area contributed by atoms with Crippen LogP contribution < -0.4 is 5.73 Å². The van der Waals surface area contributed by atoms with E-state index in [0.29, 0.717) is 35.1 Å². The fourth-order valence-electron chi connectivity index (χ4n) is 1.63.